The first-order valence-electron chi connectivity index (χ1n) is 10.1. The highest BCUT2D eigenvalue weighted by Gasteiger charge is 2.51. The molecule has 3 rings (SSSR count). The van der Waals surface area contributed by atoms with E-state index in [2.05, 4.69) is 21.3 Å². The van der Waals surface area contributed by atoms with E-state index in [0.717, 1.165) is 19.6 Å². The van der Waals surface area contributed by atoms with Gasteiger partial charge in [-0.25, -0.2) is 0 Å². The minimum atomic E-state index is -0.651. The fourth-order valence-electron chi connectivity index (χ4n) is 4.54. The van der Waals surface area contributed by atoms with E-state index in [-0.39, 0.29) is 29.3 Å². The van der Waals surface area contributed by atoms with Gasteiger partial charge >= 0.3 is 0 Å². The van der Waals surface area contributed by atoms with Gasteiger partial charge in [0.25, 0.3) is 0 Å². The summed E-state index contributed by atoms with van der Waals surface area (Å²) in [6.07, 6.45) is 5.91. The zero-order valence-electron chi connectivity index (χ0n) is 16.1. The van der Waals surface area contributed by atoms with E-state index >= 15 is 0 Å². The van der Waals surface area contributed by atoms with Crippen LogP contribution >= 0.6 is 0 Å². The topological polar surface area (TPSA) is 91.5 Å². The van der Waals surface area contributed by atoms with Crippen molar-refractivity contribution >= 4 is 11.8 Å². The molecule has 2 aliphatic heterocycles. The molecule has 2 amide bonds. The number of nitrogens with one attached hydrogen (secondary N) is 4. The predicted molar refractivity (Wildman–Crippen MR) is 99.6 cm³/mol. The van der Waals surface area contributed by atoms with Crippen molar-refractivity contribution in [1.29, 1.82) is 0 Å². The summed E-state index contributed by atoms with van der Waals surface area (Å²) < 4.78 is 6.02. The summed E-state index contributed by atoms with van der Waals surface area (Å²) in [6.45, 7) is 5.80. The summed E-state index contributed by atoms with van der Waals surface area (Å²) in [5.74, 6) is 0.247. The molecule has 0 aromatic carbocycles. The van der Waals surface area contributed by atoms with E-state index in [1.54, 1.807) is 7.05 Å². The van der Waals surface area contributed by atoms with Crippen molar-refractivity contribution < 1.29 is 14.3 Å². The van der Waals surface area contributed by atoms with Crippen molar-refractivity contribution in [2.24, 2.45) is 17.3 Å². The zero-order valence-corrected chi connectivity index (χ0v) is 16.1. The van der Waals surface area contributed by atoms with Gasteiger partial charge in [0.2, 0.25) is 11.8 Å². The molecule has 26 heavy (non-hydrogen) atoms. The Balaban J connectivity index is 1.56. The SMILES string of the molecule is CNC(=O)[C@H](NC(=O)C1CNCC12CNC2)[C@@H](C)OCC1CCCCC1. The molecule has 1 aliphatic carbocycles. The van der Waals surface area contributed by atoms with E-state index in [9.17, 15) is 9.59 Å². The molecule has 2 heterocycles. The summed E-state index contributed by atoms with van der Waals surface area (Å²) in [4.78, 5) is 25.2. The molecule has 1 unspecified atom stereocenters. The quantitative estimate of drug-likeness (QED) is 0.510. The Morgan fingerprint density at radius 1 is 1.15 bits per heavy atom. The second-order valence-corrected chi connectivity index (χ2v) is 8.29. The number of hydrogen-bond donors (Lipinski definition) is 4. The second-order valence-electron chi connectivity index (χ2n) is 8.29. The summed E-state index contributed by atoms with van der Waals surface area (Å²) >= 11 is 0. The number of likely N-dealkylation sites (N-methyl/N-ethyl adjacent to an activating group) is 1. The van der Waals surface area contributed by atoms with E-state index in [0.29, 0.717) is 19.1 Å². The average Bonchev–Trinajstić information content (AvgIpc) is 3.10. The molecular weight excluding hydrogens is 332 g/mol. The molecule has 3 aliphatic rings. The Bertz CT molecular complexity index is 503. The molecule has 0 aromatic heterocycles. The van der Waals surface area contributed by atoms with Crippen LogP contribution in [0.15, 0.2) is 0 Å². The third-order valence-corrected chi connectivity index (χ3v) is 6.45. The summed E-state index contributed by atoms with van der Waals surface area (Å²) in [6, 6.07) is -0.651. The van der Waals surface area contributed by atoms with Gasteiger partial charge in [-0.05, 0) is 25.7 Å². The fraction of sp³-hybridized carbons (Fsp3) is 0.895. The normalized spacial score (nSPS) is 27.5. The van der Waals surface area contributed by atoms with E-state index < -0.39 is 6.04 Å². The van der Waals surface area contributed by atoms with Gasteiger partial charge in [0.15, 0.2) is 0 Å². The highest BCUT2D eigenvalue weighted by Crippen LogP contribution is 2.35. The first-order chi connectivity index (χ1) is 12.6. The Labute approximate surface area is 156 Å². The van der Waals surface area contributed by atoms with Gasteiger partial charge in [0.05, 0.1) is 12.0 Å². The molecule has 3 atom stereocenters. The van der Waals surface area contributed by atoms with Crippen molar-refractivity contribution in [3.8, 4) is 0 Å². The minimum absolute atomic E-state index is 0.00349. The van der Waals surface area contributed by atoms with E-state index in [1.807, 2.05) is 6.92 Å². The molecule has 0 bridgehead atoms. The van der Waals surface area contributed by atoms with Crippen LogP contribution in [0.4, 0.5) is 0 Å². The third kappa shape index (κ3) is 4.21. The predicted octanol–water partition coefficient (Wildman–Crippen LogP) is 0.0116. The van der Waals surface area contributed by atoms with Crippen LogP contribution in [0, 0.1) is 17.3 Å². The maximum atomic E-state index is 12.9. The molecule has 148 valence electrons. The number of carbonyl (C=O) groups is 2. The minimum Gasteiger partial charge on any atom is -0.376 e. The summed E-state index contributed by atoms with van der Waals surface area (Å²) in [5, 5.41) is 12.2. The van der Waals surface area contributed by atoms with Gasteiger partial charge in [-0.1, -0.05) is 19.3 Å². The number of carbonyl (C=O) groups excluding carboxylic acids is 2. The van der Waals surface area contributed by atoms with Gasteiger partial charge in [0.1, 0.15) is 6.04 Å². The highest BCUT2D eigenvalue weighted by molar-refractivity contribution is 5.89. The molecule has 4 N–H and O–H groups in total. The van der Waals surface area contributed by atoms with Crippen LogP contribution in [-0.2, 0) is 14.3 Å². The van der Waals surface area contributed by atoms with Crippen LogP contribution < -0.4 is 21.3 Å². The highest BCUT2D eigenvalue weighted by atomic mass is 16.5. The monoisotopic (exact) mass is 366 g/mol. The van der Waals surface area contributed by atoms with Crippen LogP contribution in [0.2, 0.25) is 0 Å². The zero-order chi connectivity index (χ0) is 18.6. The molecule has 0 aromatic rings. The van der Waals surface area contributed by atoms with Gasteiger partial charge < -0.3 is 26.0 Å². The number of amides is 2. The van der Waals surface area contributed by atoms with Crippen LogP contribution in [-0.4, -0.2) is 63.8 Å². The van der Waals surface area contributed by atoms with Crippen molar-refractivity contribution in [1.82, 2.24) is 21.3 Å². The first kappa shape index (κ1) is 19.6. The number of ether oxygens (including phenoxy) is 1. The molecule has 1 saturated carbocycles. The molecule has 2 saturated heterocycles. The first-order valence-corrected chi connectivity index (χ1v) is 10.1. The van der Waals surface area contributed by atoms with Crippen LogP contribution in [0.25, 0.3) is 0 Å². The number of hydrogen-bond acceptors (Lipinski definition) is 5. The molecular formula is C19H34N4O3. The Morgan fingerprint density at radius 3 is 2.46 bits per heavy atom. The Kier molecular flexibility index (Phi) is 6.53. The van der Waals surface area contributed by atoms with Gasteiger partial charge in [-0.15, -0.1) is 0 Å². The van der Waals surface area contributed by atoms with Crippen molar-refractivity contribution in [2.75, 3.05) is 39.8 Å². The Hall–Kier alpha value is -1.18. The van der Waals surface area contributed by atoms with Crippen LogP contribution in [0.5, 0.6) is 0 Å². The molecule has 1 spiro atoms. The average molecular weight is 367 g/mol. The fourth-order valence-corrected chi connectivity index (χ4v) is 4.54. The molecule has 7 nitrogen and oxygen atoms in total. The van der Waals surface area contributed by atoms with Gasteiger partial charge in [-0.2, -0.15) is 0 Å². The van der Waals surface area contributed by atoms with Crippen molar-refractivity contribution in [3.63, 3.8) is 0 Å². The van der Waals surface area contributed by atoms with Crippen molar-refractivity contribution in [2.45, 2.75) is 51.2 Å². The van der Waals surface area contributed by atoms with Crippen LogP contribution in [0.3, 0.4) is 0 Å². The van der Waals surface area contributed by atoms with E-state index in [1.165, 1.54) is 32.1 Å². The lowest BCUT2D eigenvalue weighted by molar-refractivity contribution is -0.137. The summed E-state index contributed by atoms with van der Waals surface area (Å²) in [5.41, 5.74) is 0.00349. The van der Waals surface area contributed by atoms with Crippen molar-refractivity contribution in [3.05, 3.63) is 0 Å². The van der Waals surface area contributed by atoms with Gasteiger partial charge in [-0.3, -0.25) is 9.59 Å². The second kappa shape index (κ2) is 8.67. The smallest absolute Gasteiger partial charge is 0.245 e. The third-order valence-electron chi connectivity index (χ3n) is 6.45. The van der Waals surface area contributed by atoms with Gasteiger partial charge in [0, 0.05) is 45.2 Å². The maximum Gasteiger partial charge on any atom is 0.245 e. The molecule has 3 fully saturated rings. The number of rotatable bonds is 7. The molecule has 0 radical (unpaired) electrons. The standard InChI is InChI=1S/C19H34N4O3/c1-13(26-9-14-6-4-3-5-7-14)16(18(25)20-2)23-17(24)15-8-21-10-19(15)11-22-12-19/h13-16,21-22H,3-12H2,1-2H3,(H,20,25)(H,23,24)/t13-,15?,16-/m1/s1. The maximum absolute atomic E-state index is 12.9. The Morgan fingerprint density at radius 2 is 1.85 bits per heavy atom. The lowest BCUT2D eigenvalue weighted by Gasteiger charge is -2.43. The summed E-state index contributed by atoms with van der Waals surface area (Å²) in [7, 11) is 1.60. The lowest BCUT2D eigenvalue weighted by atomic mass is 9.72. The largest absolute Gasteiger partial charge is 0.376 e. The molecule has 7 heteroatoms. The lowest BCUT2D eigenvalue weighted by Crippen LogP contribution is -2.62. The van der Waals surface area contributed by atoms with E-state index in [4.69, 9.17) is 4.74 Å². The van der Waals surface area contributed by atoms with Crippen LogP contribution in [0.1, 0.15) is 39.0 Å².